The van der Waals surface area contributed by atoms with Crippen LogP contribution in [0.2, 0.25) is 0 Å². The highest BCUT2D eigenvalue weighted by molar-refractivity contribution is 5.78. The first-order valence-corrected chi connectivity index (χ1v) is 10.5. The van der Waals surface area contributed by atoms with Crippen LogP contribution in [0.5, 0.6) is 11.5 Å². The summed E-state index contributed by atoms with van der Waals surface area (Å²) in [4.78, 5) is 14.6. The lowest BCUT2D eigenvalue weighted by Gasteiger charge is -2.36. The van der Waals surface area contributed by atoms with Crippen LogP contribution in [0.15, 0.2) is 48.5 Å². The summed E-state index contributed by atoms with van der Waals surface area (Å²) in [5.41, 5.74) is 2.36. The second-order valence-electron chi connectivity index (χ2n) is 8.31. The summed E-state index contributed by atoms with van der Waals surface area (Å²) in [7, 11) is 3.28. The second-order valence-corrected chi connectivity index (χ2v) is 8.31. The quantitative estimate of drug-likeness (QED) is 0.692. The highest BCUT2D eigenvalue weighted by atomic mass is 16.7. The van der Waals surface area contributed by atoms with Crippen molar-refractivity contribution in [3.8, 4) is 11.5 Å². The van der Waals surface area contributed by atoms with E-state index in [1.165, 1.54) is 5.56 Å². The van der Waals surface area contributed by atoms with Crippen LogP contribution in [-0.4, -0.2) is 44.0 Å². The zero-order valence-electron chi connectivity index (χ0n) is 17.7. The van der Waals surface area contributed by atoms with Crippen LogP contribution in [0.1, 0.15) is 42.7 Å². The average Bonchev–Trinajstić information content (AvgIpc) is 3.08. The highest BCUT2D eigenvalue weighted by Crippen LogP contribution is 2.40. The van der Waals surface area contributed by atoms with Gasteiger partial charge in [-0.15, -0.1) is 0 Å². The number of benzene rings is 2. The molecule has 160 valence electrons. The van der Waals surface area contributed by atoms with Gasteiger partial charge in [0, 0.05) is 20.2 Å². The zero-order valence-corrected chi connectivity index (χ0v) is 17.7. The van der Waals surface area contributed by atoms with Crippen molar-refractivity contribution in [2.24, 2.45) is 0 Å². The average molecular weight is 411 g/mol. The maximum Gasteiger partial charge on any atom is 0.318 e. The minimum absolute atomic E-state index is 0.0453. The van der Waals surface area contributed by atoms with Gasteiger partial charge in [-0.3, -0.25) is 0 Å². The molecule has 6 nitrogen and oxygen atoms in total. The Morgan fingerprint density at radius 2 is 1.67 bits per heavy atom. The van der Waals surface area contributed by atoms with Crippen molar-refractivity contribution in [1.29, 1.82) is 0 Å². The Bertz CT molecular complexity index is 843. The zero-order chi connectivity index (χ0) is 21.0. The summed E-state index contributed by atoms with van der Waals surface area (Å²) in [6.45, 7) is 1.66. The van der Waals surface area contributed by atoms with E-state index in [-0.39, 0.29) is 18.4 Å². The van der Waals surface area contributed by atoms with Gasteiger partial charge in [0.2, 0.25) is 0 Å². The molecule has 1 aliphatic heterocycles. The van der Waals surface area contributed by atoms with Gasteiger partial charge < -0.3 is 24.4 Å². The summed E-state index contributed by atoms with van der Waals surface area (Å²) < 4.78 is 15.6. The van der Waals surface area contributed by atoms with E-state index in [1.54, 1.807) is 14.2 Å². The van der Waals surface area contributed by atoms with E-state index < -0.39 is 0 Å². The smallest absolute Gasteiger partial charge is 0.318 e. The number of amides is 2. The number of methoxy groups -OCH3 is 2. The molecule has 1 heterocycles. The highest BCUT2D eigenvalue weighted by Gasteiger charge is 2.44. The summed E-state index contributed by atoms with van der Waals surface area (Å²) in [5.74, 6) is 2.18. The Labute approximate surface area is 178 Å². The molecule has 2 aromatic carbocycles. The van der Waals surface area contributed by atoms with Crippen molar-refractivity contribution in [3.05, 3.63) is 59.7 Å². The maximum atomic E-state index is 12.6. The molecule has 1 aliphatic carbocycles. The number of hydrogen-bond acceptors (Lipinski definition) is 4. The molecule has 2 fully saturated rings. The molecule has 0 unspecified atom stereocenters. The number of ether oxygens (including phenoxy) is 3. The Hall–Kier alpha value is -2.73. The lowest BCUT2D eigenvalue weighted by Crippen LogP contribution is -2.46. The van der Waals surface area contributed by atoms with Gasteiger partial charge in [0.05, 0.1) is 12.6 Å². The van der Waals surface area contributed by atoms with E-state index >= 15 is 0 Å². The van der Waals surface area contributed by atoms with Crippen LogP contribution < -0.4 is 14.8 Å². The SMILES string of the molecule is COCOc1ccc(C2CCC3(CC2)CN(Cc2ccc(OC)cc2)C(=O)N3)cc1. The van der Waals surface area contributed by atoms with Crippen molar-refractivity contribution in [3.63, 3.8) is 0 Å². The van der Waals surface area contributed by atoms with Crippen LogP contribution >= 0.6 is 0 Å². The molecular formula is C24H30N2O4. The molecule has 0 radical (unpaired) electrons. The van der Waals surface area contributed by atoms with Gasteiger partial charge in [0.25, 0.3) is 0 Å². The van der Waals surface area contributed by atoms with E-state index in [2.05, 4.69) is 17.4 Å². The summed E-state index contributed by atoms with van der Waals surface area (Å²) in [6, 6.07) is 16.3. The van der Waals surface area contributed by atoms with Crippen LogP contribution in [0.3, 0.4) is 0 Å². The third-order valence-electron chi connectivity index (χ3n) is 6.32. The molecule has 4 rings (SSSR count). The fraction of sp³-hybridized carbons (Fsp3) is 0.458. The van der Waals surface area contributed by atoms with Crippen molar-refractivity contribution >= 4 is 6.03 Å². The van der Waals surface area contributed by atoms with Crippen LogP contribution in [0.4, 0.5) is 4.79 Å². The predicted octanol–water partition coefficient (Wildman–Crippen LogP) is 4.30. The first-order chi connectivity index (χ1) is 14.6. The molecule has 1 saturated carbocycles. The topological polar surface area (TPSA) is 60.0 Å². The normalized spacial score (nSPS) is 23.5. The third kappa shape index (κ3) is 4.54. The Morgan fingerprint density at radius 1 is 1.00 bits per heavy atom. The fourth-order valence-electron chi connectivity index (χ4n) is 4.61. The minimum atomic E-state index is -0.0957. The molecule has 30 heavy (non-hydrogen) atoms. The van der Waals surface area contributed by atoms with Crippen LogP contribution in [0, 0.1) is 0 Å². The third-order valence-corrected chi connectivity index (χ3v) is 6.32. The largest absolute Gasteiger partial charge is 0.497 e. The first-order valence-electron chi connectivity index (χ1n) is 10.5. The van der Waals surface area contributed by atoms with Crippen LogP contribution in [-0.2, 0) is 11.3 Å². The molecule has 2 aliphatic rings. The lowest BCUT2D eigenvalue weighted by atomic mass is 9.74. The minimum Gasteiger partial charge on any atom is -0.497 e. The van der Waals surface area contributed by atoms with Crippen molar-refractivity contribution in [1.82, 2.24) is 10.2 Å². The molecule has 1 saturated heterocycles. The standard InChI is InChI=1S/C24H30N2O4/c1-28-17-30-22-9-5-19(6-10-22)20-11-13-24(14-12-20)16-26(23(27)25-24)15-18-3-7-21(29-2)8-4-18/h3-10,20H,11-17H2,1-2H3,(H,25,27). The van der Waals surface area contributed by atoms with Gasteiger partial charge >= 0.3 is 6.03 Å². The molecule has 0 aromatic heterocycles. The Balaban J connectivity index is 1.33. The van der Waals surface area contributed by atoms with Gasteiger partial charge in [0.1, 0.15) is 11.5 Å². The van der Waals surface area contributed by atoms with Gasteiger partial charge in [0.15, 0.2) is 6.79 Å². The predicted molar refractivity (Wildman–Crippen MR) is 115 cm³/mol. The molecule has 1 N–H and O–H groups in total. The lowest BCUT2D eigenvalue weighted by molar-refractivity contribution is 0.0511. The summed E-state index contributed by atoms with van der Waals surface area (Å²) in [5, 5.41) is 3.29. The van der Waals surface area contributed by atoms with Gasteiger partial charge in [-0.05, 0) is 67.0 Å². The number of nitrogens with zero attached hydrogens (tertiary/aromatic N) is 1. The van der Waals surface area contributed by atoms with Crippen molar-refractivity contribution in [2.45, 2.75) is 43.7 Å². The monoisotopic (exact) mass is 410 g/mol. The van der Waals surface area contributed by atoms with E-state index in [4.69, 9.17) is 14.2 Å². The molecule has 6 heteroatoms. The Kier molecular flexibility index (Phi) is 6.13. The first kappa shape index (κ1) is 20.5. The van der Waals surface area contributed by atoms with Gasteiger partial charge in [-0.2, -0.15) is 0 Å². The number of rotatable bonds is 7. The van der Waals surface area contributed by atoms with Gasteiger partial charge in [-0.1, -0.05) is 24.3 Å². The van der Waals surface area contributed by atoms with Gasteiger partial charge in [-0.25, -0.2) is 4.79 Å². The second kappa shape index (κ2) is 8.96. The van der Waals surface area contributed by atoms with Crippen molar-refractivity contribution in [2.75, 3.05) is 27.6 Å². The molecular weight excluding hydrogens is 380 g/mol. The summed E-state index contributed by atoms with van der Waals surface area (Å²) >= 11 is 0. The summed E-state index contributed by atoms with van der Waals surface area (Å²) in [6.07, 6.45) is 4.17. The molecule has 2 amide bonds. The van der Waals surface area contributed by atoms with Crippen LogP contribution in [0.25, 0.3) is 0 Å². The van der Waals surface area contributed by atoms with E-state index in [9.17, 15) is 4.79 Å². The number of urea groups is 1. The number of carbonyl (C=O) groups is 1. The fourth-order valence-corrected chi connectivity index (χ4v) is 4.61. The molecule has 2 aromatic rings. The van der Waals surface area contributed by atoms with Crippen molar-refractivity contribution < 1.29 is 19.0 Å². The maximum absolute atomic E-state index is 12.6. The Morgan fingerprint density at radius 3 is 2.30 bits per heavy atom. The number of carbonyl (C=O) groups excluding carboxylic acids is 1. The number of hydrogen-bond donors (Lipinski definition) is 1. The molecule has 1 spiro atoms. The van der Waals surface area contributed by atoms with E-state index in [0.29, 0.717) is 12.5 Å². The number of nitrogens with one attached hydrogen (secondary N) is 1. The molecule has 0 bridgehead atoms. The molecule has 0 atom stereocenters. The van der Waals surface area contributed by atoms with E-state index in [1.807, 2.05) is 41.3 Å². The van der Waals surface area contributed by atoms with E-state index in [0.717, 1.165) is 49.3 Å².